The van der Waals surface area contributed by atoms with Crippen molar-refractivity contribution in [2.24, 2.45) is 16.5 Å². The number of aliphatic hydroxyl groups excluding tert-OH is 1. The number of rotatable bonds is 21. The second kappa shape index (κ2) is 21.5. The van der Waals surface area contributed by atoms with Crippen molar-refractivity contribution in [2.75, 3.05) is 38.2 Å². The molecule has 0 unspecified atom stereocenters. The topological polar surface area (TPSA) is 279 Å². The van der Waals surface area contributed by atoms with Gasteiger partial charge < -0.3 is 53.6 Å². The van der Waals surface area contributed by atoms with Gasteiger partial charge in [0.05, 0.1) is 19.2 Å². The van der Waals surface area contributed by atoms with Crippen LogP contribution in [0.4, 0.5) is 0 Å². The van der Waals surface area contributed by atoms with Crippen LogP contribution in [0.25, 0.3) is 0 Å². The molecule has 12 N–H and O–H groups in total. The molecular weight excluding hydrogens is 646 g/mol. The lowest BCUT2D eigenvalue weighted by molar-refractivity contribution is -0.142. The number of aliphatic hydroxyl groups is 1. The van der Waals surface area contributed by atoms with Gasteiger partial charge in [0.1, 0.15) is 24.2 Å². The summed E-state index contributed by atoms with van der Waals surface area (Å²) in [6, 6.07) is 3.44. The number of hydrogen-bond donors (Lipinski definition) is 10. The van der Waals surface area contributed by atoms with Gasteiger partial charge in [0, 0.05) is 13.0 Å². The van der Waals surface area contributed by atoms with Crippen LogP contribution in [0, 0.1) is 0 Å². The maximum atomic E-state index is 13.2. The molecule has 1 aliphatic heterocycles. The first-order valence-corrected chi connectivity index (χ1v) is 17.0. The fourth-order valence-electron chi connectivity index (χ4n) is 4.78. The van der Waals surface area contributed by atoms with E-state index in [2.05, 4.69) is 36.9 Å². The van der Waals surface area contributed by atoms with E-state index in [4.69, 9.17) is 11.5 Å². The molecule has 1 aromatic carbocycles. The average molecular weight is 694 g/mol. The minimum absolute atomic E-state index is 0.0291. The van der Waals surface area contributed by atoms with Crippen molar-refractivity contribution in [1.29, 1.82) is 0 Å². The van der Waals surface area contributed by atoms with E-state index in [1.165, 1.54) is 11.8 Å². The summed E-state index contributed by atoms with van der Waals surface area (Å²) in [5, 5.41) is 34.9. The van der Waals surface area contributed by atoms with Crippen molar-refractivity contribution in [3.8, 4) is 0 Å². The molecule has 0 radical (unpaired) electrons. The van der Waals surface area contributed by atoms with E-state index in [1.807, 2.05) is 6.26 Å². The fraction of sp³-hybridized carbons (Fsp3) is 0.567. The Morgan fingerprint density at radius 2 is 1.62 bits per heavy atom. The third kappa shape index (κ3) is 14.6. The summed E-state index contributed by atoms with van der Waals surface area (Å²) < 4.78 is 0. The van der Waals surface area contributed by atoms with Crippen LogP contribution in [-0.4, -0.2) is 120 Å². The van der Waals surface area contributed by atoms with Crippen molar-refractivity contribution in [2.45, 2.75) is 68.7 Å². The molecule has 1 aliphatic rings. The van der Waals surface area contributed by atoms with Crippen molar-refractivity contribution >= 4 is 53.2 Å². The summed E-state index contributed by atoms with van der Waals surface area (Å²) in [6.07, 6.45) is 3.74. The Labute approximate surface area is 283 Å². The van der Waals surface area contributed by atoms with Crippen molar-refractivity contribution in [1.82, 2.24) is 31.9 Å². The molecule has 1 saturated heterocycles. The highest BCUT2D eigenvalue weighted by atomic mass is 32.2. The molecule has 0 spiro atoms. The van der Waals surface area contributed by atoms with Gasteiger partial charge in [-0.3, -0.25) is 29.0 Å². The molecule has 1 fully saturated rings. The molecular formula is C30H47N9O8S. The first-order valence-electron chi connectivity index (χ1n) is 15.6. The first-order chi connectivity index (χ1) is 22.9. The minimum atomic E-state index is -1.29. The predicted octanol–water partition coefficient (Wildman–Crippen LogP) is -3.08. The van der Waals surface area contributed by atoms with E-state index in [-0.39, 0.29) is 38.2 Å². The number of nitrogens with one attached hydrogen (secondary N) is 6. The van der Waals surface area contributed by atoms with E-state index in [0.717, 1.165) is 6.42 Å². The summed E-state index contributed by atoms with van der Waals surface area (Å²) in [7, 11) is 0. The molecule has 266 valence electrons. The highest BCUT2D eigenvalue weighted by molar-refractivity contribution is 7.98. The zero-order chi connectivity index (χ0) is 35.5. The maximum Gasteiger partial charge on any atom is 0.326 e. The summed E-state index contributed by atoms with van der Waals surface area (Å²) in [4.78, 5) is 80.3. The van der Waals surface area contributed by atoms with E-state index in [9.17, 15) is 39.0 Å². The highest BCUT2D eigenvalue weighted by Gasteiger charge is 2.30. The van der Waals surface area contributed by atoms with Crippen LogP contribution in [0.1, 0.15) is 37.7 Å². The Morgan fingerprint density at radius 3 is 2.23 bits per heavy atom. The normalized spacial score (nSPS) is 16.3. The number of carboxylic acid groups (broad SMARTS) is 1. The van der Waals surface area contributed by atoms with Crippen LogP contribution < -0.4 is 43.4 Å². The monoisotopic (exact) mass is 693 g/mol. The van der Waals surface area contributed by atoms with Crippen molar-refractivity contribution in [3.05, 3.63) is 35.9 Å². The van der Waals surface area contributed by atoms with Gasteiger partial charge in [-0.25, -0.2) is 4.79 Å². The standard InChI is InChI=1S/C30H47N9O8S/c1-48-14-11-20(37-28(45)23(17-40)39-26(43)19-9-5-12-33-19)25(42)35-16-24(41)36-22(15-18-7-3-2-4-8-18)27(44)38-21(29(46)47)10-6-13-34-30(31)32/h2-4,7-8,19-23,33,40H,5-6,9-17H2,1H3,(H,35,42)(H,36,41)(H,37,45)(H,38,44)(H,39,43)(H,46,47)(H4,31,32,34)/t19-,20-,21-,22-,23-/m0/s1. The quantitative estimate of drug-likeness (QED) is 0.0349. The van der Waals surface area contributed by atoms with Crippen LogP contribution >= 0.6 is 11.8 Å². The van der Waals surface area contributed by atoms with Gasteiger partial charge >= 0.3 is 5.97 Å². The number of carbonyl (C=O) groups excluding carboxylic acids is 5. The number of carboxylic acids is 1. The third-order valence-corrected chi connectivity index (χ3v) is 8.00. The number of hydrogen-bond acceptors (Lipinski definition) is 10. The Morgan fingerprint density at radius 1 is 0.938 bits per heavy atom. The number of nitrogens with two attached hydrogens (primary N) is 2. The molecule has 17 nitrogen and oxygen atoms in total. The van der Waals surface area contributed by atoms with E-state index < -0.39 is 78.9 Å². The number of aliphatic carboxylic acids is 1. The molecule has 0 bridgehead atoms. The number of aliphatic imine (C=N–C) groups is 1. The Balaban J connectivity index is 2.04. The SMILES string of the molecule is CSCC[C@H](NC(=O)[C@H](CO)NC(=O)[C@@H]1CCCN1)C(=O)NCC(=O)N[C@@H](Cc1ccccc1)C(=O)N[C@@H](CCCN=C(N)N)C(=O)O. The second-order valence-electron chi connectivity index (χ2n) is 11.1. The Hall–Kier alpha value is -4.42. The van der Waals surface area contributed by atoms with Crippen LogP contribution in [0.5, 0.6) is 0 Å². The van der Waals surface area contributed by atoms with Gasteiger partial charge in [-0.2, -0.15) is 11.8 Å². The van der Waals surface area contributed by atoms with Gasteiger partial charge in [0.2, 0.25) is 29.5 Å². The molecule has 2 rings (SSSR count). The molecule has 0 saturated carbocycles. The minimum Gasteiger partial charge on any atom is -0.480 e. The number of amides is 5. The predicted molar refractivity (Wildman–Crippen MR) is 180 cm³/mol. The molecule has 5 amide bonds. The summed E-state index contributed by atoms with van der Waals surface area (Å²) in [6.45, 7) is -0.413. The van der Waals surface area contributed by atoms with Crippen molar-refractivity contribution in [3.63, 3.8) is 0 Å². The smallest absolute Gasteiger partial charge is 0.326 e. The maximum absolute atomic E-state index is 13.2. The molecule has 1 aromatic rings. The Bertz CT molecular complexity index is 1260. The highest BCUT2D eigenvalue weighted by Crippen LogP contribution is 2.08. The number of benzene rings is 1. The van der Waals surface area contributed by atoms with E-state index in [1.54, 1.807) is 30.3 Å². The van der Waals surface area contributed by atoms with Gasteiger partial charge in [0.25, 0.3) is 0 Å². The van der Waals surface area contributed by atoms with E-state index in [0.29, 0.717) is 24.3 Å². The second-order valence-corrected chi connectivity index (χ2v) is 12.1. The zero-order valence-corrected chi connectivity index (χ0v) is 27.7. The van der Waals surface area contributed by atoms with Crippen molar-refractivity contribution < 1.29 is 39.0 Å². The molecule has 18 heteroatoms. The van der Waals surface area contributed by atoms with Gasteiger partial charge in [-0.15, -0.1) is 0 Å². The molecule has 0 aliphatic carbocycles. The van der Waals surface area contributed by atoms with E-state index >= 15 is 0 Å². The Kier molecular flexibility index (Phi) is 17.8. The third-order valence-electron chi connectivity index (χ3n) is 7.35. The largest absolute Gasteiger partial charge is 0.480 e. The molecule has 5 atom stereocenters. The summed E-state index contributed by atoms with van der Waals surface area (Å²) >= 11 is 1.43. The molecule has 1 heterocycles. The van der Waals surface area contributed by atoms with Gasteiger partial charge in [0.15, 0.2) is 5.96 Å². The van der Waals surface area contributed by atoms with Crippen LogP contribution in [-0.2, 0) is 35.2 Å². The van der Waals surface area contributed by atoms with Gasteiger partial charge in [-0.05, 0) is 56.2 Å². The average Bonchev–Trinajstić information content (AvgIpc) is 3.61. The lowest BCUT2D eigenvalue weighted by atomic mass is 10.0. The van der Waals surface area contributed by atoms with Gasteiger partial charge in [-0.1, -0.05) is 30.3 Å². The summed E-state index contributed by atoms with van der Waals surface area (Å²) in [5.74, 6) is -4.31. The van der Waals surface area contributed by atoms with Crippen LogP contribution in [0.2, 0.25) is 0 Å². The molecule has 0 aromatic heterocycles. The number of guanidine groups is 1. The zero-order valence-electron chi connectivity index (χ0n) is 26.9. The number of nitrogens with zero attached hydrogens (tertiary/aromatic N) is 1. The van der Waals surface area contributed by atoms with Crippen LogP contribution in [0.15, 0.2) is 35.3 Å². The lowest BCUT2D eigenvalue weighted by Gasteiger charge is -2.24. The fourth-order valence-corrected chi connectivity index (χ4v) is 5.25. The molecule has 48 heavy (non-hydrogen) atoms. The lowest BCUT2D eigenvalue weighted by Crippen LogP contribution is -2.58. The number of carbonyl (C=O) groups is 6. The summed E-state index contributed by atoms with van der Waals surface area (Å²) in [5.41, 5.74) is 11.3. The first kappa shape index (κ1) is 39.8. The number of thioether (sulfide) groups is 1. The van der Waals surface area contributed by atoms with Crippen LogP contribution in [0.3, 0.4) is 0 Å².